The number of carbonyl (C=O) groups excluding carboxylic acids is 2. The summed E-state index contributed by atoms with van der Waals surface area (Å²) >= 11 is 5.77. The summed E-state index contributed by atoms with van der Waals surface area (Å²) in [6.45, 7) is 7.67. The molecule has 1 saturated heterocycles. The van der Waals surface area contributed by atoms with Crippen molar-refractivity contribution in [2.24, 2.45) is 0 Å². The molecule has 0 spiro atoms. The van der Waals surface area contributed by atoms with Crippen molar-refractivity contribution in [3.05, 3.63) is 151 Å². The minimum absolute atomic E-state index is 0.0541. The molecule has 0 aliphatic carbocycles. The monoisotopic (exact) mass is 687 g/mol. The lowest BCUT2D eigenvalue weighted by Crippen LogP contribution is -2.57. The maximum Gasteiger partial charge on any atom is 0.318 e. The van der Waals surface area contributed by atoms with E-state index < -0.39 is 33.0 Å². The van der Waals surface area contributed by atoms with Crippen LogP contribution in [-0.4, -0.2) is 31.3 Å². The van der Waals surface area contributed by atoms with Crippen molar-refractivity contribution in [1.82, 2.24) is 4.57 Å². The van der Waals surface area contributed by atoms with Gasteiger partial charge in [-0.05, 0) is 123 Å². The molecule has 13 heteroatoms. The Morgan fingerprint density at radius 1 is 0.700 bits per heavy atom. The minimum Gasteiger partial charge on any atom is -0.450 e. The summed E-state index contributed by atoms with van der Waals surface area (Å²) in [5, 5.41) is 22.7. The molecule has 0 saturated carbocycles. The van der Waals surface area contributed by atoms with Gasteiger partial charge in [0.15, 0.2) is 5.11 Å². The summed E-state index contributed by atoms with van der Waals surface area (Å²) in [6.07, 6.45) is 1.58. The molecule has 2 amide bonds. The van der Waals surface area contributed by atoms with Crippen molar-refractivity contribution < 1.29 is 24.2 Å². The number of hydrogen-bond acceptors (Lipinski definition) is 8. The third kappa shape index (κ3) is 6.13. The van der Waals surface area contributed by atoms with Gasteiger partial charge in [-0.15, -0.1) is 0 Å². The fraction of sp³-hybridized carbons (Fsp3) is 0.108. The maximum atomic E-state index is 14.1. The van der Waals surface area contributed by atoms with E-state index in [9.17, 15) is 29.8 Å². The minimum atomic E-state index is -0.741. The number of anilines is 2. The lowest BCUT2D eigenvalue weighted by Gasteiger charge is -2.36. The van der Waals surface area contributed by atoms with Crippen molar-refractivity contribution in [1.29, 1.82) is 0 Å². The average Bonchev–Trinajstić information content (AvgIpc) is 3.37. The highest BCUT2D eigenvalue weighted by Crippen LogP contribution is 2.36. The lowest BCUT2D eigenvalue weighted by atomic mass is 10.0. The second-order valence-corrected chi connectivity index (χ2v) is 12.0. The lowest BCUT2D eigenvalue weighted by molar-refractivity contribution is -0.394. The molecule has 6 rings (SSSR count). The quantitative estimate of drug-likeness (QED) is 0.0524. The standard InChI is InChI=1S/C37H29N5O7S/c1-22-10-11-29(18-23(22)2)40-36(44)32(35(43)39(37(40)50)27-8-6-5-7-9-27)20-26-19-24(3)38(25(26)4)28-12-15-31(16-13-28)49-34-17-14-30(41(45)46)21-33(34)42(47)48/h5-21H,1-4H3/b32-20-. The highest BCUT2D eigenvalue weighted by molar-refractivity contribution is 7.81. The van der Waals surface area contributed by atoms with Crippen LogP contribution < -0.4 is 14.5 Å². The highest BCUT2D eigenvalue weighted by Gasteiger charge is 2.41. The highest BCUT2D eigenvalue weighted by atomic mass is 32.1. The number of thiocarbonyl (C=S) groups is 1. The molecule has 1 aliphatic heterocycles. The summed E-state index contributed by atoms with van der Waals surface area (Å²) in [4.78, 5) is 52.1. The zero-order chi connectivity index (χ0) is 35.9. The second kappa shape index (κ2) is 13.2. The van der Waals surface area contributed by atoms with Crippen LogP contribution in [0.25, 0.3) is 11.8 Å². The number of carbonyl (C=O) groups is 2. The largest absolute Gasteiger partial charge is 0.450 e. The van der Waals surface area contributed by atoms with Gasteiger partial charge in [0.25, 0.3) is 17.5 Å². The van der Waals surface area contributed by atoms with Crippen molar-refractivity contribution in [2.75, 3.05) is 9.80 Å². The Kier molecular flexibility index (Phi) is 8.83. The molecule has 1 aliphatic rings. The number of benzene rings is 4. The molecule has 0 bridgehead atoms. The molecular weight excluding hydrogens is 659 g/mol. The molecule has 0 radical (unpaired) electrons. The number of amides is 2. The number of aromatic nitrogens is 1. The van der Waals surface area contributed by atoms with E-state index in [1.165, 1.54) is 15.9 Å². The Morgan fingerprint density at radius 3 is 1.96 bits per heavy atom. The number of non-ortho nitro benzene ring substituents is 1. The van der Waals surface area contributed by atoms with E-state index in [1.54, 1.807) is 54.6 Å². The maximum absolute atomic E-state index is 14.1. The predicted molar refractivity (Wildman–Crippen MR) is 193 cm³/mol. The number of nitro groups is 2. The SMILES string of the molecule is Cc1ccc(N2C(=O)/C(=C\c3cc(C)n(-c4ccc(Oc5ccc([N+](=O)[O-])cc5[N+](=O)[O-])cc4)c3C)C(=O)N(c3ccccc3)C2=S)cc1C. The van der Waals surface area contributed by atoms with Gasteiger partial charge in [0.05, 0.1) is 27.3 Å². The normalized spacial score (nSPS) is 14.0. The van der Waals surface area contributed by atoms with Crippen molar-refractivity contribution in [3.8, 4) is 17.2 Å². The fourth-order valence-electron chi connectivity index (χ4n) is 5.75. The van der Waals surface area contributed by atoms with Crippen LogP contribution in [-0.2, 0) is 9.59 Å². The van der Waals surface area contributed by atoms with Gasteiger partial charge in [-0.2, -0.15) is 0 Å². The van der Waals surface area contributed by atoms with Crippen molar-refractivity contribution in [3.63, 3.8) is 0 Å². The van der Waals surface area contributed by atoms with Gasteiger partial charge < -0.3 is 9.30 Å². The Balaban J connectivity index is 1.36. The van der Waals surface area contributed by atoms with E-state index in [1.807, 2.05) is 62.6 Å². The summed E-state index contributed by atoms with van der Waals surface area (Å²) in [7, 11) is 0. The van der Waals surface area contributed by atoms with Gasteiger partial charge in [-0.1, -0.05) is 24.3 Å². The summed E-state index contributed by atoms with van der Waals surface area (Å²) in [5.74, 6) is -0.950. The average molecular weight is 688 g/mol. The van der Waals surface area contributed by atoms with Crippen LogP contribution in [0.3, 0.4) is 0 Å². The molecule has 4 aromatic carbocycles. The molecule has 1 aromatic heterocycles. The van der Waals surface area contributed by atoms with Crippen LogP contribution in [0.1, 0.15) is 28.1 Å². The zero-order valence-corrected chi connectivity index (χ0v) is 28.1. The Bertz CT molecular complexity index is 2260. The molecule has 0 atom stereocenters. The van der Waals surface area contributed by atoms with Gasteiger partial charge in [-0.25, -0.2) is 0 Å². The number of rotatable bonds is 8. The summed E-state index contributed by atoms with van der Waals surface area (Å²) in [5.41, 5.74) is 5.00. The molecular formula is C37H29N5O7S. The van der Waals surface area contributed by atoms with Crippen LogP contribution in [0.2, 0.25) is 0 Å². The number of ether oxygens (including phenoxy) is 1. The number of para-hydroxylation sites is 1. The molecule has 5 aromatic rings. The van der Waals surface area contributed by atoms with Gasteiger partial charge in [-0.3, -0.25) is 39.6 Å². The van der Waals surface area contributed by atoms with E-state index in [2.05, 4.69) is 0 Å². The van der Waals surface area contributed by atoms with Crippen LogP contribution >= 0.6 is 12.2 Å². The number of nitrogens with zero attached hydrogens (tertiary/aromatic N) is 5. The van der Waals surface area contributed by atoms with Gasteiger partial charge in [0.1, 0.15) is 11.3 Å². The third-order valence-corrected chi connectivity index (χ3v) is 8.82. The van der Waals surface area contributed by atoms with Crippen molar-refractivity contribution in [2.45, 2.75) is 27.7 Å². The van der Waals surface area contributed by atoms with E-state index in [0.29, 0.717) is 16.9 Å². The summed E-state index contributed by atoms with van der Waals surface area (Å²) < 4.78 is 7.66. The Labute approximate surface area is 291 Å². The third-order valence-electron chi connectivity index (χ3n) is 8.46. The fourth-order valence-corrected chi connectivity index (χ4v) is 6.13. The molecule has 2 heterocycles. The van der Waals surface area contributed by atoms with Gasteiger partial charge in [0.2, 0.25) is 5.75 Å². The topological polar surface area (TPSA) is 141 Å². The predicted octanol–water partition coefficient (Wildman–Crippen LogP) is 8.07. The Morgan fingerprint density at radius 2 is 1.34 bits per heavy atom. The first-order valence-electron chi connectivity index (χ1n) is 15.3. The zero-order valence-electron chi connectivity index (χ0n) is 27.3. The smallest absolute Gasteiger partial charge is 0.318 e. The summed E-state index contributed by atoms with van der Waals surface area (Å²) in [6, 6.07) is 26.3. The van der Waals surface area contributed by atoms with Crippen LogP contribution in [0, 0.1) is 47.9 Å². The van der Waals surface area contributed by atoms with E-state index in [4.69, 9.17) is 17.0 Å². The molecule has 0 N–H and O–H groups in total. The van der Waals surface area contributed by atoms with Crippen LogP contribution in [0.4, 0.5) is 22.7 Å². The molecule has 1 fully saturated rings. The molecule has 12 nitrogen and oxygen atoms in total. The first-order valence-corrected chi connectivity index (χ1v) is 15.7. The molecule has 250 valence electrons. The number of hydrogen-bond donors (Lipinski definition) is 0. The van der Waals surface area contributed by atoms with Crippen LogP contribution in [0.15, 0.2) is 103 Å². The number of aryl methyl sites for hydroxylation is 3. The van der Waals surface area contributed by atoms with E-state index >= 15 is 0 Å². The second-order valence-electron chi connectivity index (χ2n) is 11.6. The van der Waals surface area contributed by atoms with Gasteiger partial charge >= 0.3 is 5.69 Å². The number of nitro benzene ring substituents is 2. The molecule has 50 heavy (non-hydrogen) atoms. The molecule has 0 unspecified atom stereocenters. The van der Waals surface area contributed by atoms with Gasteiger partial charge in [0, 0.05) is 23.1 Å². The Hall–Kier alpha value is -6.47. The first-order chi connectivity index (χ1) is 23.8. The van der Waals surface area contributed by atoms with Crippen LogP contribution in [0.5, 0.6) is 11.5 Å². The van der Waals surface area contributed by atoms with E-state index in [0.717, 1.165) is 40.3 Å². The van der Waals surface area contributed by atoms with Crippen molar-refractivity contribution >= 4 is 58.0 Å². The van der Waals surface area contributed by atoms with E-state index in [-0.39, 0.29) is 22.2 Å². The first kappa shape index (κ1) is 33.4.